The number of amides is 1. The predicted molar refractivity (Wildman–Crippen MR) is 127 cm³/mol. The van der Waals surface area contributed by atoms with E-state index in [2.05, 4.69) is 5.32 Å². The Bertz CT molecular complexity index is 856. The molecule has 1 unspecified atom stereocenters. The van der Waals surface area contributed by atoms with Gasteiger partial charge in [-0.05, 0) is 44.7 Å². The van der Waals surface area contributed by atoms with E-state index in [0.29, 0.717) is 30.8 Å². The normalized spacial score (nSPS) is 13.2. The van der Waals surface area contributed by atoms with Crippen LogP contribution in [0.15, 0.2) is 12.1 Å². The van der Waals surface area contributed by atoms with E-state index in [1.54, 1.807) is 40.9 Å². The van der Waals surface area contributed by atoms with Gasteiger partial charge in [-0.2, -0.15) is 0 Å². The van der Waals surface area contributed by atoms with Gasteiger partial charge >= 0.3 is 5.97 Å². The molecule has 0 aliphatic heterocycles. The molecule has 10 nitrogen and oxygen atoms in total. The number of aryl methyl sites for hydroxylation is 1. The molecule has 1 aromatic rings. The molecular formula is C24H38N2O8. The van der Waals surface area contributed by atoms with Crippen LogP contribution in [-0.2, 0) is 30.2 Å². The third kappa shape index (κ3) is 8.57. The van der Waals surface area contributed by atoms with Crippen LogP contribution in [0.25, 0.3) is 0 Å². The summed E-state index contributed by atoms with van der Waals surface area (Å²) in [5.74, 6) is -0.796. The molecule has 0 spiro atoms. The average molecular weight is 483 g/mol. The van der Waals surface area contributed by atoms with Crippen LogP contribution < -0.4 is 5.32 Å². The molecule has 0 heterocycles. The van der Waals surface area contributed by atoms with E-state index in [1.165, 1.54) is 0 Å². The van der Waals surface area contributed by atoms with Crippen LogP contribution in [0.1, 0.15) is 51.7 Å². The molecule has 0 aliphatic rings. The molecule has 2 N–H and O–H groups in total. The molecule has 34 heavy (non-hydrogen) atoms. The lowest BCUT2D eigenvalue weighted by Crippen LogP contribution is -2.43. The maximum absolute atomic E-state index is 12.9. The Morgan fingerprint density at radius 2 is 1.79 bits per heavy atom. The van der Waals surface area contributed by atoms with Crippen LogP contribution in [0.4, 0.5) is 5.69 Å². The van der Waals surface area contributed by atoms with Crippen molar-refractivity contribution in [3.8, 4) is 5.75 Å². The van der Waals surface area contributed by atoms with Gasteiger partial charge in [0.05, 0.1) is 36.2 Å². The highest BCUT2D eigenvalue weighted by Crippen LogP contribution is 2.38. The second-order valence-electron chi connectivity index (χ2n) is 9.25. The number of carbonyl (C=O) groups excluding carboxylic acids is 2. The van der Waals surface area contributed by atoms with Crippen molar-refractivity contribution in [3.05, 3.63) is 33.4 Å². The van der Waals surface area contributed by atoms with Crippen molar-refractivity contribution in [3.63, 3.8) is 0 Å². The number of aromatic hydroxyl groups is 1. The Labute approximate surface area is 201 Å². The SMILES string of the molecule is CCC(C)(CC(C)(C)C(=O)NCCc1cc(C)c(O)cc1[N+](=O)[O-])C(=O)OCCOCCOC. The van der Waals surface area contributed by atoms with E-state index in [0.717, 1.165) is 6.07 Å². The third-order valence-electron chi connectivity index (χ3n) is 5.89. The quantitative estimate of drug-likeness (QED) is 0.168. The van der Waals surface area contributed by atoms with E-state index < -0.39 is 15.8 Å². The van der Waals surface area contributed by atoms with E-state index in [1.807, 2.05) is 6.92 Å². The lowest BCUT2D eigenvalue weighted by Gasteiger charge is -2.34. The van der Waals surface area contributed by atoms with E-state index in [4.69, 9.17) is 14.2 Å². The van der Waals surface area contributed by atoms with Gasteiger partial charge in [-0.3, -0.25) is 19.7 Å². The van der Waals surface area contributed by atoms with Crippen LogP contribution >= 0.6 is 0 Å². The first-order chi connectivity index (χ1) is 15.9. The summed E-state index contributed by atoms with van der Waals surface area (Å²) in [6.07, 6.45) is 0.992. The number of nitrogens with zero attached hydrogens (tertiary/aromatic N) is 1. The first kappa shape index (κ1) is 29.3. The molecule has 10 heteroatoms. The highest BCUT2D eigenvalue weighted by Gasteiger charge is 2.42. The Kier molecular flexibility index (Phi) is 11.4. The van der Waals surface area contributed by atoms with Gasteiger partial charge < -0.3 is 24.6 Å². The Morgan fingerprint density at radius 1 is 1.15 bits per heavy atom. The molecule has 0 aliphatic carbocycles. The Morgan fingerprint density at radius 3 is 2.38 bits per heavy atom. The monoisotopic (exact) mass is 482 g/mol. The molecule has 1 amide bonds. The first-order valence-electron chi connectivity index (χ1n) is 11.4. The molecule has 1 rings (SSSR count). The van der Waals surface area contributed by atoms with Gasteiger partial charge in [0.1, 0.15) is 12.4 Å². The molecule has 0 fully saturated rings. The number of phenolic OH excluding ortho intramolecular Hbond substituents is 1. The molecule has 0 aromatic heterocycles. The number of hydrogen-bond acceptors (Lipinski definition) is 8. The summed E-state index contributed by atoms with van der Waals surface area (Å²) in [6.45, 7) is 10.3. The average Bonchev–Trinajstić information content (AvgIpc) is 2.77. The Hall–Kier alpha value is -2.72. The summed E-state index contributed by atoms with van der Waals surface area (Å²) in [4.78, 5) is 36.4. The van der Waals surface area contributed by atoms with Crippen molar-refractivity contribution in [1.29, 1.82) is 0 Å². The number of nitrogens with one attached hydrogen (secondary N) is 1. The van der Waals surface area contributed by atoms with Gasteiger partial charge in [-0.25, -0.2) is 0 Å². The number of carbonyl (C=O) groups is 2. The number of nitro benzene ring substituents is 1. The van der Waals surface area contributed by atoms with Crippen molar-refractivity contribution in [1.82, 2.24) is 5.32 Å². The number of hydrogen-bond donors (Lipinski definition) is 2. The maximum Gasteiger partial charge on any atom is 0.311 e. The minimum absolute atomic E-state index is 0.121. The van der Waals surface area contributed by atoms with Gasteiger partial charge in [-0.1, -0.05) is 20.8 Å². The van der Waals surface area contributed by atoms with Crippen LogP contribution in [-0.4, -0.2) is 62.0 Å². The van der Waals surface area contributed by atoms with Gasteiger partial charge in [0.2, 0.25) is 5.91 Å². The number of ether oxygens (including phenoxy) is 3. The second kappa shape index (κ2) is 13.2. The molecule has 1 aromatic carbocycles. The number of esters is 1. The van der Waals surface area contributed by atoms with Crippen LogP contribution in [0.5, 0.6) is 5.75 Å². The summed E-state index contributed by atoms with van der Waals surface area (Å²) in [5, 5.41) is 23.9. The standard InChI is InChI=1S/C24H38N2O8/c1-7-24(5,22(29)34-13-12-33-11-10-32-6)16-23(3,4)21(28)25-9-8-18-14-17(2)20(27)15-19(18)26(30)31/h14-15,27H,7-13,16H2,1-6H3,(H,25,28). The summed E-state index contributed by atoms with van der Waals surface area (Å²) in [7, 11) is 1.58. The van der Waals surface area contributed by atoms with E-state index in [-0.39, 0.29) is 55.9 Å². The lowest BCUT2D eigenvalue weighted by molar-refractivity contribution is -0.385. The van der Waals surface area contributed by atoms with Gasteiger partial charge in [0.15, 0.2) is 0 Å². The van der Waals surface area contributed by atoms with Gasteiger partial charge in [0, 0.05) is 24.6 Å². The minimum atomic E-state index is -0.879. The zero-order valence-corrected chi connectivity index (χ0v) is 21.1. The number of methoxy groups -OCH3 is 1. The van der Waals surface area contributed by atoms with E-state index >= 15 is 0 Å². The zero-order chi connectivity index (χ0) is 25.9. The summed E-state index contributed by atoms with van der Waals surface area (Å²) in [6, 6.07) is 2.67. The fraction of sp³-hybridized carbons (Fsp3) is 0.667. The van der Waals surface area contributed by atoms with Crippen molar-refractivity contribution in [2.24, 2.45) is 10.8 Å². The molecular weight excluding hydrogens is 444 g/mol. The number of benzene rings is 1. The van der Waals surface area contributed by atoms with Crippen molar-refractivity contribution in [2.45, 2.75) is 53.9 Å². The van der Waals surface area contributed by atoms with Crippen molar-refractivity contribution >= 4 is 17.6 Å². The second-order valence-corrected chi connectivity index (χ2v) is 9.25. The van der Waals surface area contributed by atoms with E-state index in [9.17, 15) is 24.8 Å². The molecule has 0 saturated carbocycles. The van der Waals surface area contributed by atoms with Gasteiger partial charge in [-0.15, -0.1) is 0 Å². The lowest BCUT2D eigenvalue weighted by atomic mass is 9.72. The largest absolute Gasteiger partial charge is 0.507 e. The van der Waals surface area contributed by atoms with Crippen LogP contribution in [0.2, 0.25) is 0 Å². The third-order valence-corrected chi connectivity index (χ3v) is 5.89. The minimum Gasteiger partial charge on any atom is -0.507 e. The predicted octanol–water partition coefficient (Wildman–Crippen LogP) is 3.31. The topological polar surface area (TPSA) is 137 Å². The number of rotatable bonds is 15. The summed E-state index contributed by atoms with van der Waals surface area (Å²) < 4.78 is 15.6. The van der Waals surface area contributed by atoms with Crippen molar-refractivity contribution in [2.75, 3.05) is 40.1 Å². The molecule has 0 saturated heterocycles. The summed E-state index contributed by atoms with van der Waals surface area (Å²) in [5.41, 5.74) is -0.985. The van der Waals surface area contributed by atoms with Gasteiger partial charge in [0.25, 0.3) is 5.69 Å². The summed E-state index contributed by atoms with van der Waals surface area (Å²) >= 11 is 0. The van der Waals surface area contributed by atoms with Crippen molar-refractivity contribution < 1.29 is 33.8 Å². The number of phenols is 1. The highest BCUT2D eigenvalue weighted by molar-refractivity contribution is 5.84. The molecule has 1 atom stereocenters. The van der Waals surface area contributed by atoms with Crippen LogP contribution in [0, 0.1) is 27.9 Å². The molecule has 0 bridgehead atoms. The fourth-order valence-electron chi connectivity index (χ4n) is 3.67. The first-order valence-corrected chi connectivity index (χ1v) is 11.4. The Balaban J connectivity index is 2.69. The maximum atomic E-state index is 12.9. The fourth-order valence-corrected chi connectivity index (χ4v) is 3.67. The zero-order valence-electron chi connectivity index (χ0n) is 21.1. The number of nitro groups is 1. The smallest absolute Gasteiger partial charge is 0.311 e. The highest BCUT2D eigenvalue weighted by atomic mass is 16.6. The van der Waals surface area contributed by atoms with Crippen LogP contribution in [0.3, 0.4) is 0 Å². The molecule has 0 radical (unpaired) electrons. The molecule has 192 valence electrons.